The highest BCUT2D eigenvalue weighted by Gasteiger charge is 2.28. The zero-order valence-corrected chi connectivity index (χ0v) is 19.9. The van der Waals surface area contributed by atoms with Crippen molar-refractivity contribution in [3.05, 3.63) is 65.2 Å². The minimum atomic E-state index is -3.68. The highest BCUT2D eigenvalue weighted by molar-refractivity contribution is 7.89. The van der Waals surface area contributed by atoms with Crippen molar-refractivity contribution in [2.45, 2.75) is 23.7 Å². The third-order valence-corrected chi connectivity index (χ3v) is 8.48. The van der Waals surface area contributed by atoms with E-state index in [1.807, 2.05) is 0 Å². The first-order valence-corrected chi connectivity index (χ1v) is 13.5. The van der Waals surface area contributed by atoms with Crippen molar-refractivity contribution in [2.75, 3.05) is 33.4 Å². The Morgan fingerprint density at radius 3 is 2.18 bits per heavy atom. The molecule has 10 nitrogen and oxygen atoms in total. The predicted octanol–water partition coefficient (Wildman–Crippen LogP) is 0.756. The Labute approximate surface area is 194 Å². The van der Waals surface area contributed by atoms with Gasteiger partial charge in [-0.05, 0) is 29.8 Å². The van der Waals surface area contributed by atoms with Gasteiger partial charge in [0.1, 0.15) is 0 Å². The molecule has 0 bridgehead atoms. The molecule has 1 aliphatic rings. The van der Waals surface area contributed by atoms with E-state index in [0.29, 0.717) is 37.4 Å². The van der Waals surface area contributed by atoms with Gasteiger partial charge < -0.3 is 15.4 Å². The molecule has 33 heavy (non-hydrogen) atoms. The van der Waals surface area contributed by atoms with Gasteiger partial charge in [-0.25, -0.2) is 26.4 Å². The number of amides is 2. The van der Waals surface area contributed by atoms with Crippen molar-refractivity contribution in [3.63, 3.8) is 0 Å². The monoisotopic (exact) mass is 496 g/mol. The van der Waals surface area contributed by atoms with Crippen LogP contribution in [-0.4, -0.2) is 60.5 Å². The summed E-state index contributed by atoms with van der Waals surface area (Å²) in [6.07, 6.45) is 0. The van der Waals surface area contributed by atoms with Gasteiger partial charge in [0.25, 0.3) is 0 Å². The number of hydrogen-bond donors (Lipinski definition) is 3. The largest absolute Gasteiger partial charge is 0.379 e. The van der Waals surface area contributed by atoms with Crippen LogP contribution in [0.2, 0.25) is 0 Å². The van der Waals surface area contributed by atoms with Gasteiger partial charge in [0.05, 0.1) is 23.9 Å². The second kappa shape index (κ2) is 11.1. The number of rotatable bonds is 9. The molecule has 0 unspecified atom stereocenters. The van der Waals surface area contributed by atoms with Crippen LogP contribution in [0.1, 0.15) is 16.7 Å². The maximum absolute atomic E-state index is 13.0. The number of carbonyl (C=O) groups is 1. The highest BCUT2D eigenvalue weighted by Crippen LogP contribution is 2.21. The standard InChI is InChI=1S/C21H28N4O6S2/c1-22-32(27,28)16-18-8-6-17(7-9-18)14-23-21(26)24-15-19-4-2-3-5-20(19)33(29,30)25-10-12-31-13-11-25/h2-9,22H,10-16H2,1H3,(H2,23,24,26). The molecule has 1 fully saturated rings. The highest BCUT2D eigenvalue weighted by atomic mass is 32.2. The van der Waals surface area contributed by atoms with Crippen molar-refractivity contribution in [2.24, 2.45) is 0 Å². The molecule has 1 saturated heterocycles. The average molecular weight is 497 g/mol. The van der Waals surface area contributed by atoms with E-state index in [2.05, 4.69) is 15.4 Å². The topological polar surface area (TPSA) is 134 Å². The predicted molar refractivity (Wildman–Crippen MR) is 123 cm³/mol. The molecular formula is C21H28N4O6S2. The summed E-state index contributed by atoms with van der Waals surface area (Å²) in [5.74, 6) is -0.121. The smallest absolute Gasteiger partial charge is 0.315 e. The van der Waals surface area contributed by atoms with Crippen molar-refractivity contribution >= 4 is 26.1 Å². The second-order valence-corrected chi connectivity index (χ2v) is 11.3. The van der Waals surface area contributed by atoms with Gasteiger partial charge in [-0.2, -0.15) is 4.31 Å². The summed E-state index contributed by atoms with van der Waals surface area (Å²) in [6, 6.07) is 13.0. The lowest BCUT2D eigenvalue weighted by Gasteiger charge is -2.27. The second-order valence-electron chi connectivity index (χ2n) is 7.44. The quantitative estimate of drug-likeness (QED) is 0.469. The van der Waals surface area contributed by atoms with Crippen LogP contribution < -0.4 is 15.4 Å². The van der Waals surface area contributed by atoms with E-state index in [0.717, 1.165) is 5.56 Å². The molecule has 0 aliphatic carbocycles. The van der Waals surface area contributed by atoms with Crippen LogP contribution in [0.3, 0.4) is 0 Å². The third-order valence-electron chi connectivity index (χ3n) is 5.14. The number of ether oxygens (including phenoxy) is 1. The zero-order chi connectivity index (χ0) is 23.9. The number of morpholine rings is 1. The molecule has 180 valence electrons. The van der Waals surface area contributed by atoms with Crippen LogP contribution in [-0.2, 0) is 43.6 Å². The lowest BCUT2D eigenvalue weighted by Crippen LogP contribution is -2.41. The van der Waals surface area contributed by atoms with Gasteiger partial charge in [-0.15, -0.1) is 0 Å². The third kappa shape index (κ3) is 6.98. The fraction of sp³-hybridized carbons (Fsp3) is 0.381. The fourth-order valence-corrected chi connectivity index (χ4v) is 5.70. The van der Waals surface area contributed by atoms with E-state index < -0.39 is 26.1 Å². The van der Waals surface area contributed by atoms with E-state index in [4.69, 9.17) is 4.74 Å². The lowest BCUT2D eigenvalue weighted by molar-refractivity contribution is 0.0730. The molecule has 2 amide bonds. The van der Waals surface area contributed by atoms with Crippen molar-refractivity contribution < 1.29 is 26.4 Å². The minimum absolute atomic E-state index is 0.0480. The van der Waals surface area contributed by atoms with Crippen molar-refractivity contribution in [1.29, 1.82) is 0 Å². The first kappa shape index (κ1) is 25.1. The molecule has 1 aliphatic heterocycles. The normalized spacial score (nSPS) is 15.2. The molecule has 2 aromatic carbocycles. The summed E-state index contributed by atoms with van der Waals surface area (Å²) >= 11 is 0. The fourth-order valence-electron chi connectivity index (χ4n) is 3.29. The molecule has 12 heteroatoms. The van der Waals surface area contributed by atoms with Crippen molar-refractivity contribution in [1.82, 2.24) is 19.7 Å². The zero-order valence-electron chi connectivity index (χ0n) is 18.3. The van der Waals surface area contributed by atoms with Crippen LogP contribution in [0.4, 0.5) is 4.79 Å². The number of carbonyl (C=O) groups excluding carboxylic acids is 1. The molecule has 2 aromatic rings. The lowest BCUT2D eigenvalue weighted by atomic mass is 10.1. The molecule has 0 saturated carbocycles. The number of hydrogen-bond acceptors (Lipinski definition) is 6. The summed E-state index contributed by atoms with van der Waals surface area (Å²) in [5, 5.41) is 5.40. The molecule has 0 spiro atoms. The number of nitrogens with one attached hydrogen (secondary N) is 3. The van der Waals surface area contributed by atoms with Crippen LogP contribution in [0, 0.1) is 0 Å². The number of sulfonamides is 2. The van der Waals surface area contributed by atoms with E-state index in [1.165, 1.54) is 17.4 Å². The summed E-state index contributed by atoms with van der Waals surface area (Å²) in [6.45, 7) is 1.59. The molecule has 0 aromatic heterocycles. The van der Waals surface area contributed by atoms with Gasteiger partial charge in [-0.3, -0.25) is 0 Å². The molecule has 3 N–H and O–H groups in total. The van der Waals surface area contributed by atoms with Gasteiger partial charge in [0.2, 0.25) is 20.0 Å². The van der Waals surface area contributed by atoms with E-state index in [-0.39, 0.29) is 23.7 Å². The molecule has 0 radical (unpaired) electrons. The Morgan fingerprint density at radius 2 is 1.52 bits per heavy atom. The molecule has 1 heterocycles. The maximum Gasteiger partial charge on any atom is 0.315 e. The van der Waals surface area contributed by atoms with Gasteiger partial charge in [0, 0.05) is 26.2 Å². The molecule has 0 atom stereocenters. The Balaban J connectivity index is 1.55. The Hall–Kier alpha value is -2.51. The van der Waals surface area contributed by atoms with Gasteiger partial charge >= 0.3 is 6.03 Å². The van der Waals surface area contributed by atoms with E-state index in [1.54, 1.807) is 42.5 Å². The summed E-state index contributed by atoms with van der Waals surface area (Å²) in [4.78, 5) is 12.4. The minimum Gasteiger partial charge on any atom is -0.379 e. The number of urea groups is 1. The molecule has 3 rings (SSSR count). The van der Waals surface area contributed by atoms with Crippen LogP contribution in [0.15, 0.2) is 53.4 Å². The summed E-state index contributed by atoms with van der Waals surface area (Å²) in [7, 11) is -5.66. The maximum atomic E-state index is 13.0. The van der Waals surface area contributed by atoms with E-state index in [9.17, 15) is 21.6 Å². The van der Waals surface area contributed by atoms with Gasteiger partial charge in [0.15, 0.2) is 0 Å². The Morgan fingerprint density at radius 1 is 0.909 bits per heavy atom. The van der Waals surface area contributed by atoms with E-state index >= 15 is 0 Å². The first-order chi connectivity index (χ1) is 15.7. The van der Waals surface area contributed by atoms with Crippen LogP contribution in [0.5, 0.6) is 0 Å². The molecular weight excluding hydrogens is 468 g/mol. The van der Waals surface area contributed by atoms with Crippen molar-refractivity contribution in [3.8, 4) is 0 Å². The van der Waals surface area contributed by atoms with Gasteiger partial charge in [-0.1, -0.05) is 42.5 Å². The Bertz CT molecular complexity index is 1160. The van der Waals surface area contributed by atoms with Crippen LogP contribution in [0.25, 0.3) is 0 Å². The Kier molecular flexibility index (Phi) is 8.43. The average Bonchev–Trinajstić information content (AvgIpc) is 2.83. The number of nitrogens with zero attached hydrogens (tertiary/aromatic N) is 1. The summed E-state index contributed by atoms with van der Waals surface area (Å²) in [5.41, 5.74) is 1.93. The first-order valence-electron chi connectivity index (χ1n) is 10.4. The summed E-state index contributed by atoms with van der Waals surface area (Å²) < 4.78 is 58.1. The van der Waals surface area contributed by atoms with Crippen LogP contribution >= 0.6 is 0 Å². The SMILES string of the molecule is CNS(=O)(=O)Cc1ccc(CNC(=O)NCc2ccccc2S(=O)(=O)N2CCOCC2)cc1. The number of benzene rings is 2.